The van der Waals surface area contributed by atoms with Crippen molar-refractivity contribution in [1.29, 1.82) is 0 Å². The van der Waals surface area contributed by atoms with Gasteiger partial charge >= 0.3 is 10.4 Å². The first kappa shape index (κ1) is 59.2. The van der Waals surface area contributed by atoms with Crippen molar-refractivity contribution in [2.75, 3.05) is 0 Å². The summed E-state index contributed by atoms with van der Waals surface area (Å²) >= 11 is 0. The van der Waals surface area contributed by atoms with Crippen LogP contribution in [0.2, 0.25) is 0 Å². The van der Waals surface area contributed by atoms with Gasteiger partial charge in [-0.1, -0.05) is 0 Å². The van der Waals surface area contributed by atoms with Gasteiger partial charge in [-0.15, -0.1) is 0 Å². The van der Waals surface area contributed by atoms with Gasteiger partial charge in [-0.05, 0) is 0 Å². The van der Waals surface area contributed by atoms with Crippen LogP contribution in [0.3, 0.4) is 0 Å². The van der Waals surface area contributed by atoms with Gasteiger partial charge in [-0.25, -0.2) is 0 Å². The van der Waals surface area contributed by atoms with E-state index in [9.17, 15) is 0 Å². The Morgan fingerprint density at radius 1 is 0.727 bits per heavy atom. The molecule has 0 rings (SSSR count). The van der Waals surface area contributed by atoms with Crippen molar-refractivity contribution >= 4 is 10.4 Å². The van der Waals surface area contributed by atoms with Gasteiger partial charge in [0.05, 0.1) is 0 Å². The molecule has 0 heterocycles. The first-order chi connectivity index (χ1) is 2.00. The van der Waals surface area contributed by atoms with Gasteiger partial charge in [0.2, 0.25) is 0 Å². The third-order valence-electron chi connectivity index (χ3n) is 0. The van der Waals surface area contributed by atoms with Gasteiger partial charge in [0.25, 0.3) is 0 Å². The maximum atomic E-state index is 8.74. The molecule has 0 amide bonds. The van der Waals surface area contributed by atoms with Crippen LogP contribution < -0.4 is 0 Å². The summed E-state index contributed by atoms with van der Waals surface area (Å²) in [6, 6.07) is 0. The Morgan fingerprint density at radius 3 is 0.727 bits per heavy atom. The van der Waals surface area contributed by atoms with E-state index in [1.54, 1.807) is 0 Å². The molecule has 0 unspecified atom stereocenters. The van der Waals surface area contributed by atoms with Gasteiger partial charge in [0, 0.05) is 35.6 Å². The molecule has 0 aliphatic carbocycles. The first-order valence-corrected chi connectivity index (χ1v) is 2.10. The first-order valence-electron chi connectivity index (χ1n) is 0.698. The molecule has 11 heavy (non-hydrogen) atoms. The predicted molar refractivity (Wildman–Crippen MR) is 32.2 cm³/mol. The van der Waals surface area contributed by atoms with Crippen LogP contribution in [-0.4, -0.2) is 44.9 Å². The largest absolute Gasteiger partial charge is 0.412 e. The van der Waals surface area contributed by atoms with Crippen molar-refractivity contribution in [1.82, 2.24) is 0 Å². The van der Waals surface area contributed by atoms with E-state index in [0.29, 0.717) is 0 Å². The van der Waals surface area contributed by atoms with Crippen molar-refractivity contribution < 1.29 is 80.5 Å². The van der Waals surface area contributed by atoms with Gasteiger partial charge in [-0.2, -0.15) is 8.42 Å². The second kappa shape index (κ2) is 22.4. The van der Waals surface area contributed by atoms with Crippen molar-refractivity contribution in [3.05, 3.63) is 0 Å². The van der Waals surface area contributed by atoms with E-state index in [2.05, 4.69) is 0 Å². The SMILES string of the molecule is O.O.O.O.O.O=S(=O)(O)O.[La]. The molecule has 11 heteroatoms. The fourth-order valence-electron chi connectivity index (χ4n) is 0. The van der Waals surface area contributed by atoms with Crippen molar-refractivity contribution in [3.8, 4) is 0 Å². The topological polar surface area (TPSA) is 232 Å². The number of rotatable bonds is 0. The third-order valence-corrected chi connectivity index (χ3v) is 0. The molecular weight excluding hydrogens is 315 g/mol. The van der Waals surface area contributed by atoms with E-state index >= 15 is 0 Å². The van der Waals surface area contributed by atoms with Crippen LogP contribution in [0, 0.1) is 35.6 Å². The second-order valence-electron chi connectivity index (χ2n) is 0.448. The summed E-state index contributed by atoms with van der Waals surface area (Å²) in [6.45, 7) is 0. The molecule has 0 spiro atoms. The van der Waals surface area contributed by atoms with Crippen LogP contribution in [0.1, 0.15) is 0 Å². The number of hydrogen-bond acceptors (Lipinski definition) is 2. The Bertz CT molecular complexity index is 92.7. The van der Waals surface area contributed by atoms with Crippen LogP contribution in [0.5, 0.6) is 0 Å². The maximum absolute atomic E-state index is 8.74. The maximum Gasteiger partial charge on any atom is 0.394 e. The Morgan fingerprint density at radius 2 is 0.727 bits per heavy atom. The molecule has 0 saturated carbocycles. The van der Waals surface area contributed by atoms with Crippen LogP contribution in [-0.2, 0) is 10.4 Å². The van der Waals surface area contributed by atoms with Crippen molar-refractivity contribution in [3.63, 3.8) is 0 Å². The third kappa shape index (κ3) is 1140. The summed E-state index contributed by atoms with van der Waals surface area (Å²) in [5.74, 6) is 0. The van der Waals surface area contributed by atoms with Gasteiger partial charge in [0.15, 0.2) is 0 Å². The van der Waals surface area contributed by atoms with E-state index in [4.69, 9.17) is 17.5 Å². The molecule has 0 aromatic rings. The molecule has 0 fully saturated rings. The second-order valence-corrected chi connectivity index (χ2v) is 1.34. The molecule has 0 aliphatic heterocycles. The van der Waals surface area contributed by atoms with Crippen molar-refractivity contribution in [2.45, 2.75) is 0 Å². The summed E-state index contributed by atoms with van der Waals surface area (Å²) in [4.78, 5) is 0. The summed E-state index contributed by atoms with van der Waals surface area (Å²) in [5, 5.41) is 0. The summed E-state index contributed by atoms with van der Waals surface area (Å²) in [7, 11) is -4.67. The Hall–Kier alpha value is 0.865. The molecule has 0 saturated heterocycles. The minimum atomic E-state index is -4.67. The van der Waals surface area contributed by atoms with Crippen molar-refractivity contribution in [2.24, 2.45) is 0 Å². The van der Waals surface area contributed by atoms with Crippen LogP contribution in [0.25, 0.3) is 0 Å². The molecule has 0 bridgehead atoms. The van der Waals surface area contributed by atoms with E-state index in [-0.39, 0.29) is 63.0 Å². The summed E-state index contributed by atoms with van der Waals surface area (Å²) < 4.78 is 31.6. The monoisotopic (exact) mass is 327 g/mol. The molecular formula is H12LaO9S. The molecule has 12 N–H and O–H groups in total. The van der Waals surface area contributed by atoms with E-state index in [0.717, 1.165) is 0 Å². The average Bonchev–Trinajstić information content (AvgIpc) is 0.722. The average molecular weight is 327 g/mol. The summed E-state index contributed by atoms with van der Waals surface area (Å²) in [5.41, 5.74) is 0. The van der Waals surface area contributed by atoms with Crippen LogP contribution in [0.4, 0.5) is 0 Å². The zero-order chi connectivity index (χ0) is 4.50. The fourth-order valence-corrected chi connectivity index (χ4v) is 0. The van der Waals surface area contributed by atoms with E-state index in [1.807, 2.05) is 0 Å². The summed E-state index contributed by atoms with van der Waals surface area (Å²) in [6.07, 6.45) is 0. The minimum absolute atomic E-state index is 0. The number of hydrogen-bond donors (Lipinski definition) is 2. The Balaban J connectivity index is -0.00000000533. The fraction of sp³-hybridized carbons (Fsp3) is 0. The zero-order valence-corrected chi connectivity index (χ0v) is 9.64. The molecule has 0 aliphatic rings. The molecule has 0 aromatic heterocycles. The smallest absolute Gasteiger partial charge is 0.394 e. The predicted octanol–water partition coefficient (Wildman–Crippen LogP) is -4.78. The van der Waals surface area contributed by atoms with E-state index in [1.165, 1.54) is 0 Å². The van der Waals surface area contributed by atoms with Gasteiger partial charge < -0.3 is 27.4 Å². The normalized spacial score (nSPS) is 5.27. The Kier molecular flexibility index (Phi) is 121. The van der Waals surface area contributed by atoms with Crippen LogP contribution in [0.15, 0.2) is 0 Å². The van der Waals surface area contributed by atoms with E-state index < -0.39 is 10.4 Å². The molecule has 1 radical (unpaired) electrons. The molecule has 0 aromatic carbocycles. The minimum Gasteiger partial charge on any atom is -0.412 e. The van der Waals surface area contributed by atoms with Gasteiger partial charge in [-0.3, -0.25) is 9.11 Å². The standard InChI is InChI=1S/La.H2O4S.5H2O/c;1-5(2,3)4;;;;;/h;(H2,1,2,3,4);5*1H2. The van der Waals surface area contributed by atoms with Crippen LogP contribution >= 0.6 is 0 Å². The molecule has 0 atom stereocenters. The Labute approximate surface area is 90.5 Å². The zero-order valence-electron chi connectivity index (χ0n) is 5.20. The molecule has 75 valence electrons. The molecule has 9 nitrogen and oxygen atoms in total. The van der Waals surface area contributed by atoms with Gasteiger partial charge in [0.1, 0.15) is 0 Å². The quantitative estimate of drug-likeness (QED) is 0.416.